The van der Waals surface area contributed by atoms with E-state index in [9.17, 15) is 0 Å². The molecule has 0 aromatic carbocycles. The summed E-state index contributed by atoms with van der Waals surface area (Å²) in [6.45, 7) is 0.746. The molecule has 0 fully saturated rings. The molecule has 1 aromatic rings. The molecule has 0 bridgehead atoms. The highest BCUT2D eigenvalue weighted by Crippen LogP contribution is 2.21. The minimum atomic E-state index is 0.746. The second kappa shape index (κ2) is 6.38. The van der Waals surface area contributed by atoms with Crippen LogP contribution >= 0.6 is 31.9 Å². The summed E-state index contributed by atoms with van der Waals surface area (Å²) in [6, 6.07) is 3.77. The SMILES string of the molecule is BrCCCCOc1cccnc1Br. The lowest BCUT2D eigenvalue weighted by atomic mass is 10.3. The van der Waals surface area contributed by atoms with E-state index < -0.39 is 0 Å². The number of nitrogens with zero attached hydrogens (tertiary/aromatic N) is 1. The van der Waals surface area contributed by atoms with E-state index in [1.165, 1.54) is 0 Å². The van der Waals surface area contributed by atoms with Gasteiger partial charge in [0.15, 0.2) is 5.75 Å². The number of pyridine rings is 1. The Morgan fingerprint density at radius 3 is 2.92 bits per heavy atom. The lowest BCUT2D eigenvalue weighted by Gasteiger charge is -2.05. The summed E-state index contributed by atoms with van der Waals surface area (Å²) < 4.78 is 6.28. The number of hydrogen-bond donors (Lipinski definition) is 0. The van der Waals surface area contributed by atoms with Crippen LogP contribution in [0.1, 0.15) is 12.8 Å². The van der Waals surface area contributed by atoms with Crippen LogP contribution in [0.2, 0.25) is 0 Å². The smallest absolute Gasteiger partial charge is 0.152 e. The van der Waals surface area contributed by atoms with Crippen molar-refractivity contribution in [1.29, 1.82) is 0 Å². The highest BCUT2D eigenvalue weighted by atomic mass is 79.9. The zero-order valence-electron chi connectivity index (χ0n) is 7.17. The van der Waals surface area contributed by atoms with Gasteiger partial charge in [-0.05, 0) is 40.9 Å². The first-order valence-electron chi connectivity index (χ1n) is 4.14. The molecule has 4 heteroatoms. The van der Waals surface area contributed by atoms with Crippen molar-refractivity contribution in [2.45, 2.75) is 12.8 Å². The normalized spacial score (nSPS) is 10.0. The van der Waals surface area contributed by atoms with Crippen molar-refractivity contribution >= 4 is 31.9 Å². The summed E-state index contributed by atoms with van der Waals surface area (Å²) in [5.74, 6) is 0.817. The van der Waals surface area contributed by atoms with Crippen molar-refractivity contribution in [3.05, 3.63) is 22.9 Å². The molecule has 13 heavy (non-hydrogen) atoms. The molecule has 0 saturated heterocycles. The molecule has 0 saturated carbocycles. The summed E-state index contributed by atoms with van der Waals surface area (Å²) in [5, 5.41) is 1.03. The number of halogens is 2. The third kappa shape index (κ3) is 4.09. The minimum Gasteiger partial charge on any atom is -0.491 e. The maximum absolute atomic E-state index is 5.51. The van der Waals surface area contributed by atoms with Crippen LogP contribution in [-0.2, 0) is 0 Å². The molecular formula is C9H11Br2NO. The zero-order valence-corrected chi connectivity index (χ0v) is 10.3. The maximum atomic E-state index is 5.51. The molecule has 2 nitrogen and oxygen atoms in total. The molecule has 0 amide bonds. The Labute approximate surface area is 95.0 Å². The van der Waals surface area contributed by atoms with Crippen LogP contribution in [0.5, 0.6) is 5.75 Å². The third-order valence-corrected chi connectivity index (χ3v) is 2.67. The second-order valence-electron chi connectivity index (χ2n) is 2.54. The molecule has 0 unspecified atom stereocenters. The molecule has 0 spiro atoms. The van der Waals surface area contributed by atoms with E-state index in [1.807, 2.05) is 12.1 Å². The van der Waals surface area contributed by atoms with Crippen molar-refractivity contribution < 1.29 is 4.74 Å². The van der Waals surface area contributed by atoms with Gasteiger partial charge in [-0.3, -0.25) is 0 Å². The van der Waals surface area contributed by atoms with Crippen LogP contribution in [0.25, 0.3) is 0 Å². The second-order valence-corrected chi connectivity index (χ2v) is 4.08. The number of rotatable bonds is 5. The molecule has 1 heterocycles. The molecule has 0 aliphatic heterocycles. The summed E-state index contributed by atoms with van der Waals surface area (Å²) >= 11 is 6.69. The lowest BCUT2D eigenvalue weighted by Crippen LogP contribution is -1.98. The van der Waals surface area contributed by atoms with Crippen molar-refractivity contribution in [1.82, 2.24) is 4.98 Å². The van der Waals surface area contributed by atoms with Gasteiger partial charge in [-0.25, -0.2) is 4.98 Å². The Bertz CT molecular complexity index is 255. The van der Waals surface area contributed by atoms with Crippen LogP contribution in [0.3, 0.4) is 0 Å². The zero-order chi connectivity index (χ0) is 9.52. The quantitative estimate of drug-likeness (QED) is 0.472. The molecule has 72 valence electrons. The maximum Gasteiger partial charge on any atom is 0.152 e. The average Bonchev–Trinajstić information content (AvgIpc) is 2.15. The lowest BCUT2D eigenvalue weighted by molar-refractivity contribution is 0.306. The van der Waals surface area contributed by atoms with Crippen molar-refractivity contribution in [3.63, 3.8) is 0 Å². The number of aromatic nitrogens is 1. The van der Waals surface area contributed by atoms with Gasteiger partial charge in [-0.15, -0.1) is 0 Å². The van der Waals surface area contributed by atoms with Gasteiger partial charge in [0.1, 0.15) is 4.60 Å². The largest absolute Gasteiger partial charge is 0.491 e. The van der Waals surface area contributed by atoms with E-state index in [0.29, 0.717) is 0 Å². The highest BCUT2D eigenvalue weighted by molar-refractivity contribution is 9.10. The Hall–Kier alpha value is -0.0900. The van der Waals surface area contributed by atoms with Gasteiger partial charge in [0.2, 0.25) is 0 Å². The predicted octanol–water partition coefficient (Wildman–Crippen LogP) is 3.40. The van der Waals surface area contributed by atoms with Gasteiger partial charge in [0.25, 0.3) is 0 Å². The Morgan fingerprint density at radius 2 is 2.23 bits per heavy atom. The molecule has 0 aliphatic carbocycles. The van der Waals surface area contributed by atoms with Gasteiger partial charge >= 0.3 is 0 Å². The minimum absolute atomic E-state index is 0.746. The molecule has 0 radical (unpaired) electrons. The first kappa shape index (κ1) is 11.0. The molecular weight excluding hydrogens is 298 g/mol. The van der Waals surface area contributed by atoms with Crippen LogP contribution in [0.4, 0.5) is 0 Å². The fourth-order valence-corrected chi connectivity index (χ4v) is 1.62. The number of ether oxygens (including phenoxy) is 1. The number of hydrogen-bond acceptors (Lipinski definition) is 2. The monoisotopic (exact) mass is 307 g/mol. The van der Waals surface area contributed by atoms with Crippen molar-refractivity contribution in [3.8, 4) is 5.75 Å². The van der Waals surface area contributed by atoms with Crippen molar-refractivity contribution in [2.75, 3.05) is 11.9 Å². The first-order chi connectivity index (χ1) is 6.34. The van der Waals surface area contributed by atoms with E-state index in [2.05, 4.69) is 36.8 Å². The first-order valence-corrected chi connectivity index (χ1v) is 6.05. The van der Waals surface area contributed by atoms with E-state index in [0.717, 1.165) is 35.1 Å². The van der Waals surface area contributed by atoms with Gasteiger partial charge in [-0.1, -0.05) is 15.9 Å². The summed E-state index contributed by atoms with van der Waals surface area (Å²) in [4.78, 5) is 4.06. The van der Waals surface area contributed by atoms with Crippen LogP contribution in [0.15, 0.2) is 22.9 Å². The number of unbranched alkanes of at least 4 members (excludes halogenated alkanes) is 1. The topological polar surface area (TPSA) is 22.1 Å². The standard InChI is InChI=1S/C9H11Br2NO/c10-5-1-2-7-13-8-4-3-6-12-9(8)11/h3-4,6H,1-2,5,7H2. The predicted molar refractivity (Wildman–Crippen MR) is 60.5 cm³/mol. The highest BCUT2D eigenvalue weighted by Gasteiger charge is 1.99. The third-order valence-electron chi connectivity index (χ3n) is 1.51. The van der Waals surface area contributed by atoms with E-state index in [-0.39, 0.29) is 0 Å². The van der Waals surface area contributed by atoms with Crippen LogP contribution in [-0.4, -0.2) is 16.9 Å². The molecule has 0 N–H and O–H groups in total. The summed E-state index contributed by atoms with van der Waals surface area (Å²) in [7, 11) is 0. The van der Waals surface area contributed by atoms with Crippen LogP contribution in [0, 0.1) is 0 Å². The summed E-state index contributed by atoms with van der Waals surface area (Å²) in [5.41, 5.74) is 0. The molecule has 0 aliphatic rings. The fraction of sp³-hybridized carbons (Fsp3) is 0.444. The summed E-state index contributed by atoms with van der Waals surface area (Å²) in [6.07, 6.45) is 3.93. The Morgan fingerprint density at radius 1 is 1.38 bits per heavy atom. The van der Waals surface area contributed by atoms with Gasteiger partial charge < -0.3 is 4.74 Å². The van der Waals surface area contributed by atoms with Gasteiger partial charge in [0.05, 0.1) is 6.61 Å². The Balaban J connectivity index is 2.32. The van der Waals surface area contributed by atoms with E-state index in [1.54, 1.807) is 6.20 Å². The van der Waals surface area contributed by atoms with Gasteiger partial charge in [-0.2, -0.15) is 0 Å². The number of alkyl halides is 1. The van der Waals surface area contributed by atoms with E-state index >= 15 is 0 Å². The van der Waals surface area contributed by atoms with Crippen LogP contribution < -0.4 is 4.74 Å². The molecule has 0 atom stereocenters. The van der Waals surface area contributed by atoms with E-state index in [4.69, 9.17) is 4.74 Å². The van der Waals surface area contributed by atoms with Gasteiger partial charge in [0, 0.05) is 11.5 Å². The fourth-order valence-electron chi connectivity index (χ4n) is 0.858. The Kier molecular flexibility index (Phi) is 5.39. The average molecular weight is 309 g/mol. The molecule has 1 aromatic heterocycles. The van der Waals surface area contributed by atoms with Crippen molar-refractivity contribution in [2.24, 2.45) is 0 Å². The molecule has 1 rings (SSSR count).